The number of anilines is 1. The first kappa shape index (κ1) is 14.5. The largest absolute Gasteiger partial charge is 0.478 e. The molecule has 0 spiro atoms. The third-order valence-corrected chi connectivity index (χ3v) is 3.24. The molecule has 0 saturated heterocycles. The quantitative estimate of drug-likeness (QED) is 0.869. The normalized spacial score (nSPS) is 15.2. The third kappa shape index (κ3) is 3.77. The summed E-state index contributed by atoms with van der Waals surface area (Å²) in [5.41, 5.74) is -0.233. The van der Waals surface area contributed by atoms with Crippen molar-refractivity contribution < 1.29 is 23.8 Å². The molecule has 2 rings (SSSR count). The average molecular weight is 281 g/mol. The van der Waals surface area contributed by atoms with Crippen LogP contribution in [0.2, 0.25) is 0 Å². The van der Waals surface area contributed by atoms with Gasteiger partial charge in [-0.05, 0) is 31.0 Å². The van der Waals surface area contributed by atoms with Gasteiger partial charge in [-0.1, -0.05) is 12.8 Å². The van der Waals surface area contributed by atoms with E-state index in [9.17, 15) is 14.0 Å². The molecule has 6 heteroatoms. The molecule has 0 heterocycles. The number of amides is 1. The molecular weight excluding hydrogens is 265 g/mol. The van der Waals surface area contributed by atoms with E-state index in [2.05, 4.69) is 5.32 Å². The van der Waals surface area contributed by atoms with Crippen LogP contribution in [0.1, 0.15) is 36.0 Å². The minimum Gasteiger partial charge on any atom is -0.478 e. The molecule has 5 nitrogen and oxygen atoms in total. The van der Waals surface area contributed by atoms with Gasteiger partial charge in [-0.3, -0.25) is 4.79 Å². The van der Waals surface area contributed by atoms with Crippen LogP contribution < -0.4 is 5.32 Å². The van der Waals surface area contributed by atoms with Crippen molar-refractivity contribution in [2.45, 2.75) is 31.8 Å². The summed E-state index contributed by atoms with van der Waals surface area (Å²) in [5.74, 6) is -2.34. The molecule has 0 aromatic heterocycles. The predicted molar refractivity (Wildman–Crippen MR) is 70.2 cm³/mol. The third-order valence-electron chi connectivity index (χ3n) is 3.24. The Bertz CT molecular complexity index is 512. The lowest BCUT2D eigenvalue weighted by Crippen LogP contribution is -2.22. The number of aromatic carboxylic acids is 1. The fourth-order valence-corrected chi connectivity index (χ4v) is 2.19. The van der Waals surface area contributed by atoms with E-state index in [1.807, 2.05) is 0 Å². The molecule has 0 aliphatic heterocycles. The number of benzene rings is 1. The Morgan fingerprint density at radius 3 is 2.70 bits per heavy atom. The SMILES string of the molecule is O=C(COC1CCCC1)Nc1cc(C(=O)O)ccc1F. The van der Waals surface area contributed by atoms with Crippen LogP contribution in [0.4, 0.5) is 10.1 Å². The molecular formula is C14H16FNO4. The Hall–Kier alpha value is -1.95. The molecule has 1 aliphatic carbocycles. The van der Waals surface area contributed by atoms with Crippen molar-refractivity contribution in [3.05, 3.63) is 29.6 Å². The van der Waals surface area contributed by atoms with Gasteiger partial charge in [0.15, 0.2) is 0 Å². The first-order chi connectivity index (χ1) is 9.56. The monoisotopic (exact) mass is 281 g/mol. The van der Waals surface area contributed by atoms with E-state index in [1.54, 1.807) is 0 Å². The Labute approximate surface area is 115 Å². The lowest BCUT2D eigenvalue weighted by atomic mass is 10.2. The van der Waals surface area contributed by atoms with E-state index >= 15 is 0 Å². The number of hydrogen-bond acceptors (Lipinski definition) is 3. The highest BCUT2D eigenvalue weighted by atomic mass is 19.1. The minimum absolute atomic E-state index is 0.0848. The van der Waals surface area contributed by atoms with Gasteiger partial charge in [0.05, 0.1) is 17.4 Å². The fourth-order valence-electron chi connectivity index (χ4n) is 2.19. The summed E-state index contributed by atoms with van der Waals surface area (Å²) in [6, 6.07) is 3.24. The van der Waals surface area contributed by atoms with E-state index in [4.69, 9.17) is 9.84 Å². The Balaban J connectivity index is 1.92. The average Bonchev–Trinajstić information content (AvgIpc) is 2.92. The maximum absolute atomic E-state index is 13.5. The second-order valence-corrected chi connectivity index (χ2v) is 4.77. The summed E-state index contributed by atoms with van der Waals surface area (Å²) in [6.07, 6.45) is 4.17. The van der Waals surface area contributed by atoms with Gasteiger partial charge in [0.25, 0.3) is 0 Å². The second kappa shape index (κ2) is 6.47. The number of hydrogen-bond donors (Lipinski definition) is 2. The zero-order valence-corrected chi connectivity index (χ0v) is 10.9. The molecule has 108 valence electrons. The summed E-state index contributed by atoms with van der Waals surface area (Å²) in [5, 5.41) is 11.1. The summed E-state index contributed by atoms with van der Waals surface area (Å²) in [7, 11) is 0. The molecule has 20 heavy (non-hydrogen) atoms. The van der Waals surface area contributed by atoms with Crippen molar-refractivity contribution in [2.24, 2.45) is 0 Å². The first-order valence-corrected chi connectivity index (χ1v) is 6.50. The summed E-state index contributed by atoms with van der Waals surface area (Å²) >= 11 is 0. The van der Waals surface area contributed by atoms with Crippen molar-refractivity contribution in [3.63, 3.8) is 0 Å². The zero-order chi connectivity index (χ0) is 14.5. The molecule has 1 saturated carbocycles. The summed E-state index contributed by atoms with van der Waals surface area (Å²) in [6.45, 7) is -0.151. The van der Waals surface area contributed by atoms with Gasteiger partial charge in [0, 0.05) is 0 Å². The number of carbonyl (C=O) groups excluding carboxylic acids is 1. The lowest BCUT2D eigenvalue weighted by molar-refractivity contribution is -0.122. The molecule has 1 amide bonds. The highest BCUT2D eigenvalue weighted by molar-refractivity contribution is 5.94. The maximum Gasteiger partial charge on any atom is 0.335 e. The molecule has 1 aromatic carbocycles. The van der Waals surface area contributed by atoms with Crippen LogP contribution in [0.15, 0.2) is 18.2 Å². The number of carbonyl (C=O) groups is 2. The molecule has 2 N–H and O–H groups in total. The number of ether oxygens (including phenoxy) is 1. The highest BCUT2D eigenvalue weighted by Gasteiger charge is 2.17. The van der Waals surface area contributed by atoms with Crippen LogP contribution in [0.25, 0.3) is 0 Å². The van der Waals surface area contributed by atoms with Crippen LogP contribution >= 0.6 is 0 Å². The number of rotatable bonds is 5. The van der Waals surface area contributed by atoms with Crippen LogP contribution in [0, 0.1) is 5.82 Å². The standard InChI is InChI=1S/C14H16FNO4/c15-11-6-5-9(14(18)19)7-12(11)16-13(17)8-20-10-3-1-2-4-10/h5-7,10H,1-4,8H2,(H,16,17)(H,18,19). The maximum atomic E-state index is 13.5. The Morgan fingerprint density at radius 1 is 1.35 bits per heavy atom. The van der Waals surface area contributed by atoms with Gasteiger partial charge >= 0.3 is 5.97 Å². The van der Waals surface area contributed by atoms with E-state index < -0.39 is 17.7 Å². The second-order valence-electron chi connectivity index (χ2n) is 4.77. The fraction of sp³-hybridized carbons (Fsp3) is 0.429. The van der Waals surface area contributed by atoms with Crippen LogP contribution in [-0.2, 0) is 9.53 Å². The summed E-state index contributed by atoms with van der Waals surface area (Å²) < 4.78 is 18.9. The number of carboxylic acid groups (broad SMARTS) is 1. The van der Waals surface area contributed by atoms with Crippen molar-refractivity contribution in [3.8, 4) is 0 Å². The van der Waals surface area contributed by atoms with Gasteiger partial charge < -0.3 is 15.2 Å². The lowest BCUT2D eigenvalue weighted by Gasteiger charge is -2.11. The molecule has 0 bridgehead atoms. The molecule has 0 radical (unpaired) electrons. The number of nitrogens with one attached hydrogen (secondary N) is 1. The van der Waals surface area contributed by atoms with Gasteiger partial charge in [-0.2, -0.15) is 0 Å². The van der Waals surface area contributed by atoms with E-state index in [1.165, 1.54) is 0 Å². The van der Waals surface area contributed by atoms with Crippen molar-refractivity contribution in [2.75, 3.05) is 11.9 Å². The first-order valence-electron chi connectivity index (χ1n) is 6.50. The zero-order valence-electron chi connectivity index (χ0n) is 10.9. The Morgan fingerprint density at radius 2 is 2.05 bits per heavy atom. The van der Waals surface area contributed by atoms with E-state index in [-0.39, 0.29) is 24.0 Å². The predicted octanol–water partition coefficient (Wildman–Crippen LogP) is 2.42. The van der Waals surface area contributed by atoms with Crippen LogP contribution in [0.3, 0.4) is 0 Å². The minimum atomic E-state index is -1.18. The topological polar surface area (TPSA) is 75.6 Å². The van der Waals surface area contributed by atoms with Gasteiger partial charge in [-0.25, -0.2) is 9.18 Å². The van der Waals surface area contributed by atoms with Gasteiger partial charge in [0.1, 0.15) is 12.4 Å². The highest BCUT2D eigenvalue weighted by Crippen LogP contribution is 2.21. The number of carboxylic acids is 1. The number of halogens is 1. The molecule has 0 atom stereocenters. The Kier molecular flexibility index (Phi) is 4.68. The molecule has 1 aromatic rings. The van der Waals surface area contributed by atoms with E-state index in [0.29, 0.717) is 0 Å². The molecule has 0 unspecified atom stereocenters. The van der Waals surface area contributed by atoms with E-state index in [0.717, 1.165) is 43.9 Å². The molecule has 1 aliphatic rings. The summed E-state index contributed by atoms with van der Waals surface area (Å²) in [4.78, 5) is 22.4. The van der Waals surface area contributed by atoms with Crippen LogP contribution in [0.5, 0.6) is 0 Å². The van der Waals surface area contributed by atoms with Crippen molar-refractivity contribution in [1.82, 2.24) is 0 Å². The smallest absolute Gasteiger partial charge is 0.335 e. The van der Waals surface area contributed by atoms with Gasteiger partial charge in [-0.15, -0.1) is 0 Å². The van der Waals surface area contributed by atoms with Gasteiger partial charge in [0.2, 0.25) is 5.91 Å². The van der Waals surface area contributed by atoms with Crippen LogP contribution in [-0.4, -0.2) is 29.7 Å². The van der Waals surface area contributed by atoms with Crippen molar-refractivity contribution >= 4 is 17.6 Å². The van der Waals surface area contributed by atoms with Crippen molar-refractivity contribution in [1.29, 1.82) is 0 Å². The molecule has 1 fully saturated rings.